The van der Waals surface area contributed by atoms with Gasteiger partial charge in [0.05, 0.1) is 116 Å². The van der Waals surface area contributed by atoms with Gasteiger partial charge in [-0.1, -0.05) is 0 Å². The van der Waals surface area contributed by atoms with Crippen molar-refractivity contribution in [2.75, 3.05) is 180 Å². The van der Waals surface area contributed by atoms with Gasteiger partial charge in [-0.15, -0.1) is 0 Å². The second kappa shape index (κ2) is 34.7. The molecule has 0 aliphatic carbocycles. The van der Waals surface area contributed by atoms with Crippen molar-refractivity contribution in [3.8, 4) is 0 Å². The number of aliphatic hydroxyl groups is 3. The zero-order valence-corrected chi connectivity index (χ0v) is 55.2. The number of hydrogen-bond acceptors (Lipinski definition) is 27. The molecule has 9 unspecified atom stereocenters. The fourth-order valence-electron chi connectivity index (χ4n) is 13.2. The van der Waals surface area contributed by atoms with Gasteiger partial charge in [-0.3, -0.25) is 72.2 Å². The molecule has 9 atom stereocenters. The SMILES string of the molecule is COC(=O)C1CC(=O)N(CCN(CCN2CC(C(=O)OC)CC2=O)CC(O)Cn2c(=O)n(CC(O)CN(CCN3CC(C(=O)OC)CC3=O)CCN3CC(C(=O)OC)CC3=O)c(=O)n(CC(O)CN(CCN3CC(C(=O)OC)CC3=O)CCN3CC(C(=O)OC)CC3=O)c2=O)C1. The first kappa shape index (κ1) is 75.2. The van der Waals surface area contributed by atoms with Crippen LogP contribution in [0.15, 0.2) is 14.4 Å². The van der Waals surface area contributed by atoms with E-state index >= 15 is 0 Å². The number of methoxy groups -OCH3 is 6. The highest BCUT2D eigenvalue weighted by molar-refractivity contribution is 5.90. The number of likely N-dealkylation sites (tertiary alicyclic amines) is 6. The van der Waals surface area contributed by atoms with Crippen molar-refractivity contribution in [1.29, 1.82) is 0 Å². The van der Waals surface area contributed by atoms with E-state index in [1.54, 1.807) is 14.7 Å². The van der Waals surface area contributed by atoms with E-state index in [1.807, 2.05) is 0 Å². The van der Waals surface area contributed by atoms with Gasteiger partial charge in [-0.2, -0.15) is 0 Å². The fourth-order valence-corrected chi connectivity index (χ4v) is 13.2. The summed E-state index contributed by atoms with van der Waals surface area (Å²) < 4.78 is 30.8. The number of amides is 6. The zero-order valence-electron chi connectivity index (χ0n) is 55.2. The summed E-state index contributed by atoms with van der Waals surface area (Å²) in [6.45, 7) is -3.35. The minimum Gasteiger partial charge on any atom is -0.469 e. The summed E-state index contributed by atoms with van der Waals surface area (Å²) in [7, 11) is 7.18. The molecule has 0 spiro atoms. The monoisotopic (exact) mass is 1360 g/mol. The van der Waals surface area contributed by atoms with Crippen LogP contribution < -0.4 is 17.1 Å². The lowest BCUT2D eigenvalue weighted by Gasteiger charge is -2.30. The predicted molar refractivity (Wildman–Crippen MR) is 327 cm³/mol. The van der Waals surface area contributed by atoms with Crippen molar-refractivity contribution in [3.63, 3.8) is 0 Å². The van der Waals surface area contributed by atoms with Gasteiger partial charge in [0.1, 0.15) is 0 Å². The highest BCUT2D eigenvalue weighted by Gasteiger charge is 2.41. The first-order valence-corrected chi connectivity index (χ1v) is 32.0. The number of aromatic nitrogens is 3. The van der Waals surface area contributed by atoms with Gasteiger partial charge >= 0.3 is 52.9 Å². The molecule has 6 amide bonds. The van der Waals surface area contributed by atoms with Crippen LogP contribution in [-0.2, 0) is 106 Å². The number of aliphatic hydroxyl groups excluding tert-OH is 3. The molecule has 6 aliphatic heterocycles. The van der Waals surface area contributed by atoms with Crippen LogP contribution in [0.5, 0.6) is 0 Å². The summed E-state index contributed by atoms with van der Waals surface area (Å²) >= 11 is 0. The fraction of sp³-hybridized carbons (Fsp3) is 0.750. The Morgan fingerprint density at radius 2 is 0.479 bits per heavy atom. The summed E-state index contributed by atoms with van der Waals surface area (Å²) in [5.74, 6) is -10.2. The largest absolute Gasteiger partial charge is 0.469 e. The molecular weight excluding hydrogens is 1270 g/mol. The molecule has 96 heavy (non-hydrogen) atoms. The number of hydrogen-bond donors (Lipinski definition) is 3. The van der Waals surface area contributed by atoms with E-state index in [1.165, 1.54) is 72.1 Å². The van der Waals surface area contributed by atoms with E-state index in [0.717, 1.165) is 0 Å². The van der Waals surface area contributed by atoms with Gasteiger partial charge in [-0.25, -0.2) is 28.1 Å². The molecule has 3 N–H and O–H groups in total. The van der Waals surface area contributed by atoms with Gasteiger partial charge in [0.2, 0.25) is 35.4 Å². The molecule has 7 rings (SSSR count). The third-order valence-corrected chi connectivity index (χ3v) is 18.6. The Balaban J connectivity index is 1.18. The molecular formula is C60H90N12O24. The third kappa shape index (κ3) is 19.5. The second-order valence-corrected chi connectivity index (χ2v) is 25.1. The first-order chi connectivity index (χ1) is 45.7. The highest BCUT2D eigenvalue weighted by Crippen LogP contribution is 2.25. The molecule has 6 saturated heterocycles. The number of carbonyl (C=O) groups is 12. The maximum Gasteiger partial charge on any atom is 0.336 e. The van der Waals surface area contributed by atoms with Gasteiger partial charge in [-0.05, 0) is 0 Å². The number of carbonyl (C=O) groups excluding carboxylic acids is 12. The number of nitrogens with zero attached hydrogens (tertiary/aromatic N) is 12. The van der Waals surface area contributed by atoms with E-state index in [2.05, 4.69) is 0 Å². The molecule has 1 aromatic heterocycles. The normalized spacial score (nSPS) is 22.4. The van der Waals surface area contributed by atoms with Crippen molar-refractivity contribution < 1.29 is 101 Å². The van der Waals surface area contributed by atoms with Crippen LogP contribution in [0.4, 0.5) is 0 Å². The van der Waals surface area contributed by atoms with Crippen molar-refractivity contribution in [1.82, 2.24) is 57.8 Å². The average molecular weight is 1360 g/mol. The van der Waals surface area contributed by atoms with E-state index < -0.39 is 126 Å². The molecule has 0 radical (unpaired) electrons. The van der Waals surface area contributed by atoms with E-state index in [9.17, 15) is 87.2 Å². The number of esters is 6. The third-order valence-electron chi connectivity index (χ3n) is 18.6. The van der Waals surface area contributed by atoms with Crippen molar-refractivity contribution in [3.05, 3.63) is 31.5 Å². The van der Waals surface area contributed by atoms with Crippen molar-refractivity contribution >= 4 is 71.3 Å². The van der Waals surface area contributed by atoms with Gasteiger partial charge in [0, 0.05) is 176 Å². The molecule has 0 saturated carbocycles. The summed E-state index contributed by atoms with van der Waals surface area (Å²) in [5.41, 5.74) is -3.93. The highest BCUT2D eigenvalue weighted by atomic mass is 16.5. The Hall–Kier alpha value is -8.19. The van der Waals surface area contributed by atoms with Crippen LogP contribution in [0, 0.1) is 35.5 Å². The number of rotatable bonds is 36. The maximum atomic E-state index is 14.8. The quantitative estimate of drug-likeness (QED) is 0.0415. The number of ether oxygens (including phenoxy) is 6. The Kier molecular flexibility index (Phi) is 27.1. The lowest BCUT2D eigenvalue weighted by Crippen LogP contribution is -2.58. The van der Waals surface area contributed by atoms with Gasteiger partial charge < -0.3 is 73.1 Å². The summed E-state index contributed by atoms with van der Waals surface area (Å²) in [6.07, 6.45) is -5.71. The topological polar surface area (TPSA) is 416 Å². The van der Waals surface area contributed by atoms with E-state index in [4.69, 9.17) is 28.4 Å². The maximum absolute atomic E-state index is 14.8. The molecule has 1 aromatic rings. The Morgan fingerprint density at radius 3 is 0.625 bits per heavy atom. The predicted octanol–water partition coefficient (Wildman–Crippen LogP) is -7.71. The standard InChI is InChI=1S/C60H90N12O24/c1-91-52(82)37-19-46(76)64(25-37)13-7-61(8-14-65-26-38(20-47(65)77)53(83)92-2)31-43(73)34-70-58(88)71(35-44(74)32-62(9-15-66-27-39(21-48(66)78)54(84)93-3)10-16-67-28-40(22-49(67)79)55(85)94-4)60(90)72(59(70)89)36-45(75)33-63(11-17-68-29-41(23-50(68)80)56(86)95-5)12-18-69-30-42(24-51(69)81)57(87)96-6/h37-45,73-75H,7-36H2,1-6H3. The molecule has 6 aliphatic rings. The minimum absolute atomic E-state index is 0.00823. The molecule has 534 valence electrons. The van der Waals surface area contributed by atoms with E-state index in [0.29, 0.717) is 13.7 Å². The van der Waals surface area contributed by atoms with Crippen LogP contribution >= 0.6 is 0 Å². The zero-order chi connectivity index (χ0) is 70.2. The Bertz CT molecular complexity index is 2730. The van der Waals surface area contributed by atoms with Crippen LogP contribution in [-0.4, -0.2) is 343 Å². The molecule has 6 fully saturated rings. The first-order valence-electron chi connectivity index (χ1n) is 32.0. The lowest BCUT2D eigenvalue weighted by molar-refractivity contribution is -0.145. The summed E-state index contributed by atoms with van der Waals surface area (Å²) in [4.78, 5) is 211. The molecule has 36 heteroatoms. The molecule has 0 aromatic carbocycles. The second-order valence-electron chi connectivity index (χ2n) is 25.1. The molecule has 7 heterocycles. The summed E-state index contributed by atoms with van der Waals surface area (Å²) in [6, 6.07) is 0. The smallest absolute Gasteiger partial charge is 0.336 e. The van der Waals surface area contributed by atoms with Crippen molar-refractivity contribution in [2.45, 2.75) is 76.5 Å². The molecule has 36 nitrogen and oxygen atoms in total. The van der Waals surface area contributed by atoms with Crippen LogP contribution in [0.2, 0.25) is 0 Å². The van der Waals surface area contributed by atoms with Crippen LogP contribution in [0.1, 0.15) is 38.5 Å². The van der Waals surface area contributed by atoms with Crippen LogP contribution in [0.3, 0.4) is 0 Å². The van der Waals surface area contributed by atoms with Crippen LogP contribution in [0.25, 0.3) is 0 Å². The van der Waals surface area contributed by atoms with Crippen molar-refractivity contribution in [2.24, 2.45) is 35.5 Å². The average Bonchev–Trinajstić information content (AvgIpc) is 1.16. The lowest BCUT2D eigenvalue weighted by atomic mass is 10.1. The van der Waals surface area contributed by atoms with E-state index in [-0.39, 0.29) is 211 Å². The Labute approximate surface area is 552 Å². The van der Waals surface area contributed by atoms with Gasteiger partial charge in [0.15, 0.2) is 0 Å². The Morgan fingerprint density at radius 1 is 0.323 bits per heavy atom. The summed E-state index contributed by atoms with van der Waals surface area (Å²) in [5, 5.41) is 36.1. The van der Waals surface area contributed by atoms with Gasteiger partial charge in [0.25, 0.3) is 0 Å². The minimum atomic E-state index is -1.66. The molecule has 0 bridgehead atoms.